The Bertz CT molecular complexity index is 1160. The van der Waals surface area contributed by atoms with Gasteiger partial charge in [0.2, 0.25) is 0 Å². The lowest BCUT2D eigenvalue weighted by Gasteiger charge is -2.43. The molecule has 7 heteroatoms. The first-order chi connectivity index (χ1) is 15.6. The van der Waals surface area contributed by atoms with E-state index in [9.17, 15) is 9.50 Å². The van der Waals surface area contributed by atoms with E-state index in [4.69, 9.17) is 4.74 Å². The number of rotatable bonds is 6. The highest BCUT2D eigenvalue weighted by atomic mass is 19.1. The number of methoxy groups -OCH3 is 1. The Morgan fingerprint density at radius 2 is 1.91 bits per heavy atom. The Morgan fingerprint density at radius 1 is 1.24 bits per heavy atom. The second-order valence-electron chi connectivity index (χ2n) is 9.29. The van der Waals surface area contributed by atoms with Crippen molar-refractivity contribution < 1.29 is 23.0 Å². The number of aromatic nitrogens is 1. The molecule has 1 aliphatic rings. The Morgan fingerprint density at radius 3 is 2.55 bits per heavy atom. The number of benzene rings is 2. The largest absolute Gasteiger partial charge is 0.365 e. The standard InChI is InChI=1S/C26H29F3N2O2/c1-15-11-18-17-7-5-6-8-21(17)30-24(18)25(31(15)14-26(2,3)29)23-19(27)12-16(13-20(23)28)9-10-22(32)33-4/h5-10,12-13,15,22,25,30,32H,11,14H2,1-4H3/b10-9+/t15-,22?,25-/m1/s1. The molecule has 33 heavy (non-hydrogen) atoms. The van der Waals surface area contributed by atoms with Gasteiger partial charge in [0.15, 0.2) is 6.29 Å². The molecule has 1 aliphatic heterocycles. The van der Waals surface area contributed by atoms with E-state index in [2.05, 4.69) is 4.98 Å². The summed E-state index contributed by atoms with van der Waals surface area (Å²) < 4.78 is 50.5. The summed E-state index contributed by atoms with van der Waals surface area (Å²) in [6, 6.07) is 9.26. The topological polar surface area (TPSA) is 48.5 Å². The quantitative estimate of drug-likeness (QED) is 0.479. The van der Waals surface area contributed by atoms with Crippen LogP contribution in [0.2, 0.25) is 0 Å². The van der Waals surface area contributed by atoms with Crippen molar-refractivity contribution in [2.75, 3.05) is 13.7 Å². The fourth-order valence-corrected chi connectivity index (χ4v) is 4.73. The minimum atomic E-state index is -1.55. The Kier molecular flexibility index (Phi) is 6.40. The van der Waals surface area contributed by atoms with Crippen molar-refractivity contribution in [3.8, 4) is 0 Å². The molecule has 2 aromatic carbocycles. The molecule has 3 aromatic rings. The number of nitrogens with one attached hydrogen (secondary N) is 1. The first-order valence-electron chi connectivity index (χ1n) is 11.0. The number of fused-ring (bicyclic) bond motifs is 3. The van der Waals surface area contributed by atoms with Crippen LogP contribution in [0, 0.1) is 11.6 Å². The summed E-state index contributed by atoms with van der Waals surface area (Å²) in [4.78, 5) is 5.19. The predicted octanol–water partition coefficient (Wildman–Crippen LogP) is 5.51. The van der Waals surface area contributed by atoms with E-state index in [1.54, 1.807) is 0 Å². The first kappa shape index (κ1) is 23.5. The highest BCUT2D eigenvalue weighted by molar-refractivity contribution is 5.85. The van der Waals surface area contributed by atoms with Gasteiger partial charge in [-0.15, -0.1) is 0 Å². The van der Waals surface area contributed by atoms with E-state index < -0.39 is 29.6 Å². The second kappa shape index (κ2) is 8.97. The minimum absolute atomic E-state index is 0.0220. The molecular formula is C26H29F3N2O2. The molecule has 0 aliphatic carbocycles. The van der Waals surface area contributed by atoms with E-state index >= 15 is 8.78 Å². The average molecular weight is 459 g/mol. The van der Waals surface area contributed by atoms with Crippen molar-refractivity contribution in [1.29, 1.82) is 0 Å². The van der Waals surface area contributed by atoms with Gasteiger partial charge in [0.05, 0.1) is 6.04 Å². The number of aliphatic hydroxyl groups is 1. The van der Waals surface area contributed by atoms with E-state index in [0.717, 1.165) is 16.5 Å². The van der Waals surface area contributed by atoms with E-state index in [1.165, 1.54) is 45.2 Å². The molecule has 0 spiro atoms. The van der Waals surface area contributed by atoms with Crippen LogP contribution < -0.4 is 0 Å². The van der Waals surface area contributed by atoms with Gasteiger partial charge in [-0.1, -0.05) is 24.3 Å². The van der Waals surface area contributed by atoms with Crippen LogP contribution in [0.5, 0.6) is 0 Å². The van der Waals surface area contributed by atoms with Gasteiger partial charge in [-0.2, -0.15) is 0 Å². The maximum absolute atomic E-state index is 15.5. The first-order valence-corrected chi connectivity index (χ1v) is 11.0. The highest BCUT2D eigenvalue weighted by Gasteiger charge is 2.40. The summed E-state index contributed by atoms with van der Waals surface area (Å²) in [7, 11) is 1.32. The Labute approximate surface area is 191 Å². The van der Waals surface area contributed by atoms with Crippen molar-refractivity contribution in [2.24, 2.45) is 0 Å². The summed E-state index contributed by atoms with van der Waals surface area (Å²) in [5.41, 5.74) is 1.15. The highest BCUT2D eigenvalue weighted by Crippen LogP contribution is 2.43. The molecule has 3 atom stereocenters. The molecule has 0 fully saturated rings. The van der Waals surface area contributed by atoms with E-state index in [0.29, 0.717) is 12.1 Å². The van der Waals surface area contributed by atoms with E-state index in [-0.39, 0.29) is 23.7 Å². The summed E-state index contributed by atoms with van der Waals surface area (Å²) in [5, 5.41) is 10.5. The number of nitrogens with zero attached hydrogens (tertiary/aromatic N) is 1. The van der Waals surface area contributed by atoms with Gasteiger partial charge in [-0.05, 0) is 62.6 Å². The molecule has 1 unspecified atom stereocenters. The fourth-order valence-electron chi connectivity index (χ4n) is 4.73. The summed E-state index contributed by atoms with van der Waals surface area (Å²) in [5.74, 6) is -1.46. The SMILES string of the molecule is COC(O)/C=C/c1cc(F)c([C@@H]2c3[nH]c4ccccc4c3C[C@@H](C)N2CC(C)(C)F)c(F)c1. The number of H-pyrrole nitrogens is 1. The van der Waals surface area contributed by atoms with Crippen LogP contribution >= 0.6 is 0 Å². The van der Waals surface area contributed by atoms with Crippen LogP contribution in [0.4, 0.5) is 13.2 Å². The third-order valence-corrected chi connectivity index (χ3v) is 6.15. The van der Waals surface area contributed by atoms with Gasteiger partial charge in [-0.25, -0.2) is 13.2 Å². The molecule has 0 saturated heterocycles. The number of halogens is 3. The van der Waals surface area contributed by atoms with Gasteiger partial charge in [0.25, 0.3) is 0 Å². The van der Waals surface area contributed by atoms with Gasteiger partial charge in [-0.3, -0.25) is 4.90 Å². The monoisotopic (exact) mass is 458 g/mol. The third-order valence-electron chi connectivity index (χ3n) is 6.15. The van der Waals surface area contributed by atoms with Crippen LogP contribution in [-0.2, 0) is 11.2 Å². The Hall–Kier alpha value is -2.61. The van der Waals surface area contributed by atoms with Gasteiger partial charge < -0.3 is 14.8 Å². The predicted molar refractivity (Wildman–Crippen MR) is 124 cm³/mol. The molecule has 2 N–H and O–H groups in total. The van der Waals surface area contributed by atoms with Crippen molar-refractivity contribution >= 4 is 17.0 Å². The lowest BCUT2D eigenvalue weighted by atomic mass is 9.87. The molecular weight excluding hydrogens is 429 g/mol. The van der Waals surface area contributed by atoms with Crippen LogP contribution in [0.15, 0.2) is 42.5 Å². The number of hydrogen-bond acceptors (Lipinski definition) is 3. The van der Waals surface area contributed by atoms with Crippen molar-refractivity contribution in [3.63, 3.8) is 0 Å². The van der Waals surface area contributed by atoms with Crippen LogP contribution in [0.1, 0.15) is 49.2 Å². The number of para-hydroxylation sites is 1. The molecule has 176 valence electrons. The van der Waals surface area contributed by atoms with Gasteiger partial charge in [0, 0.05) is 41.9 Å². The second-order valence-corrected chi connectivity index (χ2v) is 9.29. The van der Waals surface area contributed by atoms with E-state index in [1.807, 2.05) is 36.1 Å². The normalized spacial score (nSPS) is 20.5. The smallest absolute Gasteiger partial charge is 0.174 e. The zero-order valence-electron chi connectivity index (χ0n) is 19.2. The molecule has 4 nitrogen and oxygen atoms in total. The number of ether oxygens (including phenoxy) is 1. The molecule has 0 bridgehead atoms. The fraction of sp³-hybridized carbons (Fsp3) is 0.385. The van der Waals surface area contributed by atoms with Gasteiger partial charge >= 0.3 is 0 Å². The van der Waals surface area contributed by atoms with Crippen LogP contribution in [0.3, 0.4) is 0 Å². The minimum Gasteiger partial charge on any atom is -0.365 e. The Balaban J connectivity index is 1.88. The van der Waals surface area contributed by atoms with Gasteiger partial charge in [0.1, 0.15) is 17.3 Å². The summed E-state index contributed by atoms with van der Waals surface area (Å²) >= 11 is 0. The number of alkyl halides is 1. The zero-order valence-corrected chi connectivity index (χ0v) is 19.2. The van der Waals surface area contributed by atoms with Crippen LogP contribution in [0.25, 0.3) is 17.0 Å². The van der Waals surface area contributed by atoms with Crippen LogP contribution in [-0.4, -0.2) is 46.6 Å². The van der Waals surface area contributed by atoms with Crippen molar-refractivity contribution in [2.45, 2.75) is 51.2 Å². The number of aliphatic hydroxyl groups excluding tert-OH is 1. The summed E-state index contributed by atoms with van der Waals surface area (Å²) in [6.45, 7) is 4.93. The molecule has 0 amide bonds. The van der Waals surface area contributed by atoms with Crippen molar-refractivity contribution in [1.82, 2.24) is 9.88 Å². The lowest BCUT2D eigenvalue weighted by Crippen LogP contribution is -2.48. The average Bonchev–Trinajstić information content (AvgIpc) is 3.10. The zero-order chi connectivity index (χ0) is 23.9. The molecule has 0 saturated carbocycles. The van der Waals surface area contributed by atoms with Crippen molar-refractivity contribution in [3.05, 3.63) is 76.5 Å². The maximum atomic E-state index is 15.5. The number of aromatic amines is 1. The molecule has 0 radical (unpaired) electrons. The molecule has 4 rings (SSSR count). The molecule has 2 heterocycles. The molecule has 1 aromatic heterocycles. The summed E-state index contributed by atoms with van der Waals surface area (Å²) in [6.07, 6.45) is 2.16. The maximum Gasteiger partial charge on any atom is 0.174 e. The number of hydrogen-bond donors (Lipinski definition) is 2. The lowest BCUT2D eigenvalue weighted by molar-refractivity contribution is -0.0350. The third kappa shape index (κ3) is 4.71.